The third-order valence-electron chi connectivity index (χ3n) is 3.77. The standard InChI is InChI=1S/C16H17N3O2/c1-2-4-14-13(3-1)17-16(18-14)15-6-5-12(21-15)11-19-7-9-20-10-8-19/h1-6H,7-11H2,(H,17,18). The predicted octanol–water partition coefficient (Wildman–Crippen LogP) is 2.66. The van der Waals surface area contributed by atoms with Crippen molar-refractivity contribution in [3.05, 3.63) is 42.2 Å². The summed E-state index contributed by atoms with van der Waals surface area (Å²) in [6.07, 6.45) is 0. The second-order valence-corrected chi connectivity index (χ2v) is 5.26. The van der Waals surface area contributed by atoms with Crippen LogP contribution in [0.3, 0.4) is 0 Å². The van der Waals surface area contributed by atoms with Crippen LogP contribution >= 0.6 is 0 Å². The van der Waals surface area contributed by atoms with E-state index in [1.54, 1.807) is 0 Å². The second kappa shape index (κ2) is 5.35. The van der Waals surface area contributed by atoms with Gasteiger partial charge in [-0.3, -0.25) is 4.90 Å². The molecule has 4 rings (SSSR count). The van der Waals surface area contributed by atoms with E-state index in [1.807, 2.05) is 36.4 Å². The molecular formula is C16H17N3O2. The highest BCUT2D eigenvalue weighted by Gasteiger charge is 2.14. The van der Waals surface area contributed by atoms with Crippen molar-refractivity contribution in [1.29, 1.82) is 0 Å². The maximum absolute atomic E-state index is 5.93. The fourth-order valence-corrected chi connectivity index (χ4v) is 2.64. The highest BCUT2D eigenvalue weighted by molar-refractivity contribution is 5.78. The monoisotopic (exact) mass is 283 g/mol. The Bertz CT molecular complexity index is 708. The normalized spacial score (nSPS) is 16.6. The molecule has 0 amide bonds. The van der Waals surface area contributed by atoms with Crippen molar-refractivity contribution in [3.8, 4) is 11.6 Å². The number of nitrogens with one attached hydrogen (secondary N) is 1. The Hall–Kier alpha value is -2.11. The SMILES string of the molecule is c1ccc2[nH]c(-c3ccc(CN4CCOCC4)o3)nc2c1. The van der Waals surface area contributed by atoms with Crippen molar-refractivity contribution in [3.63, 3.8) is 0 Å². The summed E-state index contributed by atoms with van der Waals surface area (Å²) in [6, 6.07) is 12.0. The van der Waals surface area contributed by atoms with Crippen LogP contribution in [0, 0.1) is 0 Å². The van der Waals surface area contributed by atoms with E-state index in [4.69, 9.17) is 9.15 Å². The summed E-state index contributed by atoms with van der Waals surface area (Å²) in [7, 11) is 0. The minimum atomic E-state index is 0.782. The van der Waals surface area contributed by atoms with Crippen molar-refractivity contribution in [2.75, 3.05) is 26.3 Å². The van der Waals surface area contributed by atoms with Gasteiger partial charge in [-0.05, 0) is 24.3 Å². The Morgan fingerprint density at radius 3 is 2.81 bits per heavy atom. The number of morpholine rings is 1. The number of rotatable bonds is 3. The van der Waals surface area contributed by atoms with E-state index in [2.05, 4.69) is 14.9 Å². The Morgan fingerprint density at radius 1 is 1.10 bits per heavy atom. The average Bonchev–Trinajstić information content (AvgIpc) is 3.14. The molecule has 0 radical (unpaired) electrons. The van der Waals surface area contributed by atoms with Crippen molar-refractivity contribution in [2.45, 2.75) is 6.54 Å². The van der Waals surface area contributed by atoms with Gasteiger partial charge in [0.25, 0.3) is 0 Å². The smallest absolute Gasteiger partial charge is 0.174 e. The molecule has 0 bridgehead atoms. The molecule has 21 heavy (non-hydrogen) atoms. The summed E-state index contributed by atoms with van der Waals surface area (Å²) in [4.78, 5) is 10.2. The fraction of sp³-hybridized carbons (Fsp3) is 0.312. The third-order valence-corrected chi connectivity index (χ3v) is 3.77. The first-order chi connectivity index (χ1) is 10.4. The zero-order chi connectivity index (χ0) is 14.1. The van der Waals surface area contributed by atoms with Crippen LogP contribution in [0.15, 0.2) is 40.8 Å². The quantitative estimate of drug-likeness (QED) is 0.803. The van der Waals surface area contributed by atoms with Gasteiger partial charge in [0.05, 0.1) is 30.8 Å². The molecule has 1 aliphatic heterocycles. The number of fused-ring (bicyclic) bond motifs is 1. The molecule has 0 unspecified atom stereocenters. The first kappa shape index (κ1) is 12.6. The number of aromatic nitrogens is 2. The van der Waals surface area contributed by atoms with Crippen molar-refractivity contribution in [1.82, 2.24) is 14.9 Å². The van der Waals surface area contributed by atoms with E-state index in [0.29, 0.717) is 0 Å². The van der Waals surface area contributed by atoms with Gasteiger partial charge in [-0.2, -0.15) is 0 Å². The number of hydrogen-bond donors (Lipinski definition) is 1. The van der Waals surface area contributed by atoms with Crippen LogP contribution in [-0.4, -0.2) is 41.2 Å². The molecule has 108 valence electrons. The first-order valence-electron chi connectivity index (χ1n) is 7.22. The predicted molar refractivity (Wildman–Crippen MR) is 79.9 cm³/mol. The zero-order valence-electron chi connectivity index (χ0n) is 11.7. The summed E-state index contributed by atoms with van der Waals surface area (Å²) in [5, 5.41) is 0. The van der Waals surface area contributed by atoms with Gasteiger partial charge < -0.3 is 14.1 Å². The van der Waals surface area contributed by atoms with Gasteiger partial charge in [-0.1, -0.05) is 12.1 Å². The fourth-order valence-electron chi connectivity index (χ4n) is 2.64. The van der Waals surface area contributed by atoms with Gasteiger partial charge in [-0.15, -0.1) is 0 Å². The molecule has 2 aromatic heterocycles. The minimum Gasteiger partial charge on any atom is -0.456 e. The summed E-state index contributed by atoms with van der Waals surface area (Å²) in [6.45, 7) is 4.35. The van der Waals surface area contributed by atoms with E-state index in [-0.39, 0.29) is 0 Å². The molecular weight excluding hydrogens is 266 g/mol. The number of furan rings is 1. The molecule has 5 heteroatoms. The molecule has 0 atom stereocenters. The molecule has 1 saturated heterocycles. The summed E-state index contributed by atoms with van der Waals surface area (Å²) in [5.74, 6) is 2.53. The van der Waals surface area contributed by atoms with Crippen LogP contribution in [0.4, 0.5) is 0 Å². The maximum Gasteiger partial charge on any atom is 0.174 e. The number of para-hydroxylation sites is 2. The van der Waals surface area contributed by atoms with E-state index >= 15 is 0 Å². The van der Waals surface area contributed by atoms with Crippen molar-refractivity contribution < 1.29 is 9.15 Å². The number of nitrogens with zero attached hydrogens (tertiary/aromatic N) is 2. The number of ether oxygens (including phenoxy) is 1. The van der Waals surface area contributed by atoms with Gasteiger partial charge in [-0.25, -0.2) is 4.98 Å². The molecule has 0 aliphatic carbocycles. The maximum atomic E-state index is 5.93. The second-order valence-electron chi connectivity index (χ2n) is 5.26. The van der Waals surface area contributed by atoms with Crippen LogP contribution in [0.25, 0.3) is 22.6 Å². The Kier molecular flexibility index (Phi) is 3.21. The molecule has 0 spiro atoms. The number of hydrogen-bond acceptors (Lipinski definition) is 4. The molecule has 1 aliphatic rings. The van der Waals surface area contributed by atoms with E-state index in [1.165, 1.54) is 0 Å². The highest BCUT2D eigenvalue weighted by Crippen LogP contribution is 2.23. The average molecular weight is 283 g/mol. The Labute approximate surface area is 122 Å². The molecule has 1 N–H and O–H groups in total. The highest BCUT2D eigenvalue weighted by atomic mass is 16.5. The third kappa shape index (κ3) is 2.57. The molecule has 0 saturated carbocycles. The minimum absolute atomic E-state index is 0.782. The number of aromatic amines is 1. The molecule has 3 heterocycles. The summed E-state index contributed by atoms with van der Waals surface area (Å²) >= 11 is 0. The zero-order valence-corrected chi connectivity index (χ0v) is 11.7. The van der Waals surface area contributed by atoms with Crippen LogP contribution in [0.2, 0.25) is 0 Å². The van der Waals surface area contributed by atoms with Crippen LogP contribution in [0.1, 0.15) is 5.76 Å². The first-order valence-corrected chi connectivity index (χ1v) is 7.22. The number of H-pyrrole nitrogens is 1. The lowest BCUT2D eigenvalue weighted by atomic mass is 10.3. The number of imidazole rings is 1. The Morgan fingerprint density at radius 2 is 1.95 bits per heavy atom. The topological polar surface area (TPSA) is 54.3 Å². The Balaban J connectivity index is 1.55. The van der Waals surface area contributed by atoms with Crippen LogP contribution in [-0.2, 0) is 11.3 Å². The van der Waals surface area contributed by atoms with Gasteiger partial charge in [0.1, 0.15) is 5.76 Å². The van der Waals surface area contributed by atoms with Crippen LogP contribution < -0.4 is 0 Å². The van der Waals surface area contributed by atoms with Crippen molar-refractivity contribution in [2.24, 2.45) is 0 Å². The molecule has 1 aromatic carbocycles. The van der Waals surface area contributed by atoms with Gasteiger partial charge in [0.15, 0.2) is 11.6 Å². The van der Waals surface area contributed by atoms with E-state index < -0.39 is 0 Å². The lowest BCUT2D eigenvalue weighted by Gasteiger charge is -2.25. The van der Waals surface area contributed by atoms with Crippen LogP contribution in [0.5, 0.6) is 0 Å². The number of benzene rings is 1. The molecule has 1 fully saturated rings. The van der Waals surface area contributed by atoms with Gasteiger partial charge >= 0.3 is 0 Å². The lowest BCUT2D eigenvalue weighted by Crippen LogP contribution is -2.35. The molecule has 3 aromatic rings. The lowest BCUT2D eigenvalue weighted by molar-refractivity contribution is 0.0314. The van der Waals surface area contributed by atoms with Crippen molar-refractivity contribution >= 4 is 11.0 Å². The summed E-state index contributed by atoms with van der Waals surface area (Å²) in [5.41, 5.74) is 1.98. The molecule has 5 nitrogen and oxygen atoms in total. The largest absolute Gasteiger partial charge is 0.456 e. The van der Waals surface area contributed by atoms with Gasteiger partial charge in [0, 0.05) is 13.1 Å². The van der Waals surface area contributed by atoms with E-state index in [0.717, 1.165) is 61.2 Å². The summed E-state index contributed by atoms with van der Waals surface area (Å²) < 4.78 is 11.3. The van der Waals surface area contributed by atoms with Gasteiger partial charge in [0.2, 0.25) is 0 Å². The van der Waals surface area contributed by atoms with E-state index in [9.17, 15) is 0 Å².